The Morgan fingerprint density at radius 2 is 1.69 bits per heavy atom. The van der Waals surface area contributed by atoms with E-state index in [0.29, 0.717) is 29.5 Å². The van der Waals surface area contributed by atoms with E-state index in [1.54, 1.807) is 48.5 Å². The zero-order valence-electron chi connectivity index (χ0n) is 16.1. The van der Waals surface area contributed by atoms with E-state index in [1.807, 2.05) is 6.92 Å². The van der Waals surface area contributed by atoms with Crippen molar-refractivity contribution in [2.24, 2.45) is 0 Å². The summed E-state index contributed by atoms with van der Waals surface area (Å²) < 4.78 is 0. The third-order valence-corrected chi connectivity index (χ3v) is 4.86. The van der Waals surface area contributed by atoms with Gasteiger partial charge in [-0.15, -0.1) is 0 Å². The van der Waals surface area contributed by atoms with Crippen molar-refractivity contribution in [3.8, 4) is 0 Å². The van der Waals surface area contributed by atoms with Gasteiger partial charge in [-0.3, -0.25) is 19.3 Å². The second-order valence-electron chi connectivity index (χ2n) is 6.95. The average molecular weight is 394 g/mol. The lowest BCUT2D eigenvalue weighted by molar-refractivity contribution is -0.139. The number of amides is 3. The number of carbonyl (C=O) groups is 4. The molecule has 2 N–H and O–H groups in total. The van der Waals surface area contributed by atoms with E-state index < -0.39 is 17.9 Å². The van der Waals surface area contributed by atoms with Crippen LogP contribution >= 0.6 is 0 Å². The molecule has 0 aliphatic carbocycles. The molecular formula is C22H22N2O5. The number of fused-ring (bicyclic) bond motifs is 1. The predicted octanol–water partition coefficient (Wildman–Crippen LogP) is 2.86. The van der Waals surface area contributed by atoms with Gasteiger partial charge < -0.3 is 10.4 Å². The van der Waals surface area contributed by atoms with Gasteiger partial charge in [-0.1, -0.05) is 44.0 Å². The van der Waals surface area contributed by atoms with E-state index >= 15 is 0 Å². The van der Waals surface area contributed by atoms with Gasteiger partial charge in [-0.05, 0) is 36.2 Å². The van der Waals surface area contributed by atoms with Crippen molar-refractivity contribution in [3.05, 3.63) is 70.8 Å². The number of hydrogen-bond acceptors (Lipinski definition) is 4. The molecule has 1 aliphatic heterocycles. The van der Waals surface area contributed by atoms with Gasteiger partial charge >= 0.3 is 5.97 Å². The summed E-state index contributed by atoms with van der Waals surface area (Å²) in [7, 11) is 0. The fraction of sp³-hybridized carbons (Fsp3) is 0.273. The van der Waals surface area contributed by atoms with Gasteiger partial charge in [0.2, 0.25) is 0 Å². The molecule has 0 fully saturated rings. The largest absolute Gasteiger partial charge is 0.480 e. The second kappa shape index (κ2) is 8.68. The first-order valence-electron chi connectivity index (χ1n) is 9.50. The van der Waals surface area contributed by atoms with Crippen LogP contribution in [0.4, 0.5) is 0 Å². The summed E-state index contributed by atoms with van der Waals surface area (Å²) in [5.74, 6) is -2.32. The van der Waals surface area contributed by atoms with Gasteiger partial charge in [-0.25, -0.2) is 4.79 Å². The van der Waals surface area contributed by atoms with Crippen LogP contribution in [-0.4, -0.2) is 39.7 Å². The van der Waals surface area contributed by atoms with Crippen LogP contribution < -0.4 is 5.32 Å². The molecule has 7 nitrogen and oxygen atoms in total. The first-order valence-corrected chi connectivity index (χ1v) is 9.50. The van der Waals surface area contributed by atoms with Crippen LogP contribution in [0, 0.1) is 0 Å². The lowest BCUT2D eigenvalue weighted by Crippen LogP contribution is -2.40. The number of nitrogens with one attached hydrogen (secondary N) is 1. The van der Waals surface area contributed by atoms with Crippen molar-refractivity contribution in [2.45, 2.75) is 38.8 Å². The first kappa shape index (κ1) is 20.3. The highest BCUT2D eigenvalue weighted by Crippen LogP contribution is 2.24. The third kappa shape index (κ3) is 4.34. The smallest absolute Gasteiger partial charge is 0.326 e. The van der Waals surface area contributed by atoms with E-state index in [4.69, 9.17) is 0 Å². The Morgan fingerprint density at radius 3 is 2.28 bits per heavy atom. The van der Waals surface area contributed by atoms with Crippen LogP contribution in [0.3, 0.4) is 0 Å². The Labute approximate surface area is 168 Å². The number of benzene rings is 2. The Morgan fingerprint density at radius 1 is 1.03 bits per heavy atom. The van der Waals surface area contributed by atoms with Gasteiger partial charge in [0, 0.05) is 5.56 Å². The molecule has 0 bridgehead atoms. The highest BCUT2D eigenvalue weighted by molar-refractivity contribution is 6.21. The molecule has 2 aromatic rings. The van der Waals surface area contributed by atoms with Crippen LogP contribution in [0.1, 0.15) is 62.8 Å². The molecule has 150 valence electrons. The number of carbonyl (C=O) groups excluding carboxylic acids is 3. The van der Waals surface area contributed by atoms with Crippen LogP contribution in [0.25, 0.3) is 0 Å². The molecule has 3 amide bonds. The lowest BCUT2D eigenvalue weighted by Gasteiger charge is -2.16. The quantitative estimate of drug-likeness (QED) is 0.670. The fourth-order valence-corrected chi connectivity index (χ4v) is 3.28. The zero-order valence-corrected chi connectivity index (χ0v) is 16.1. The van der Waals surface area contributed by atoms with Gasteiger partial charge in [-0.2, -0.15) is 0 Å². The van der Waals surface area contributed by atoms with Crippen molar-refractivity contribution in [3.63, 3.8) is 0 Å². The molecule has 0 unspecified atom stereocenters. The highest BCUT2D eigenvalue weighted by atomic mass is 16.4. The van der Waals surface area contributed by atoms with Crippen LogP contribution in [0.15, 0.2) is 48.5 Å². The number of imide groups is 1. The number of hydrogen-bond donors (Lipinski definition) is 2. The summed E-state index contributed by atoms with van der Waals surface area (Å²) in [5.41, 5.74) is 1.62. The molecule has 0 spiro atoms. The molecule has 2 aromatic carbocycles. The van der Waals surface area contributed by atoms with E-state index in [2.05, 4.69) is 5.32 Å². The summed E-state index contributed by atoms with van der Waals surface area (Å²) in [6.07, 6.45) is 1.87. The van der Waals surface area contributed by atoms with Crippen molar-refractivity contribution >= 4 is 23.7 Å². The average Bonchev–Trinajstić information content (AvgIpc) is 2.96. The number of unbranched alkanes of at least 4 members (excludes halogenated alkanes) is 1. The van der Waals surface area contributed by atoms with Crippen LogP contribution in [0.2, 0.25) is 0 Å². The Balaban J connectivity index is 1.73. The molecule has 1 heterocycles. The molecule has 1 atom stereocenters. The molecule has 7 heteroatoms. The molecule has 0 aromatic heterocycles. The zero-order chi connectivity index (χ0) is 21.0. The molecule has 29 heavy (non-hydrogen) atoms. The summed E-state index contributed by atoms with van der Waals surface area (Å²) in [4.78, 5) is 50.0. The summed E-state index contributed by atoms with van der Waals surface area (Å²) >= 11 is 0. The van der Waals surface area contributed by atoms with E-state index in [1.165, 1.54) is 0 Å². The predicted molar refractivity (Wildman–Crippen MR) is 106 cm³/mol. The topological polar surface area (TPSA) is 104 Å². The molecule has 0 saturated heterocycles. The molecule has 3 rings (SSSR count). The molecule has 1 aliphatic rings. The van der Waals surface area contributed by atoms with Crippen molar-refractivity contribution < 1.29 is 24.3 Å². The maximum absolute atomic E-state index is 12.5. The van der Waals surface area contributed by atoms with Gasteiger partial charge in [0.05, 0.1) is 17.7 Å². The lowest BCUT2D eigenvalue weighted by atomic mass is 10.1. The second-order valence-corrected chi connectivity index (χ2v) is 6.95. The minimum Gasteiger partial charge on any atom is -0.480 e. The summed E-state index contributed by atoms with van der Waals surface area (Å²) in [6, 6.07) is 12.2. The number of carboxylic acid groups (broad SMARTS) is 1. The molecule has 0 radical (unpaired) electrons. The van der Waals surface area contributed by atoms with Gasteiger partial charge in [0.1, 0.15) is 6.04 Å². The number of rotatable bonds is 8. The van der Waals surface area contributed by atoms with E-state index in [0.717, 1.165) is 11.3 Å². The first-order chi connectivity index (χ1) is 13.9. The summed E-state index contributed by atoms with van der Waals surface area (Å²) in [6.45, 7) is 1.98. The van der Waals surface area contributed by atoms with Crippen LogP contribution in [-0.2, 0) is 11.3 Å². The van der Waals surface area contributed by atoms with Crippen LogP contribution in [0.5, 0.6) is 0 Å². The van der Waals surface area contributed by atoms with Crippen molar-refractivity contribution in [1.29, 1.82) is 0 Å². The van der Waals surface area contributed by atoms with E-state index in [9.17, 15) is 24.3 Å². The van der Waals surface area contributed by atoms with Crippen molar-refractivity contribution in [2.75, 3.05) is 0 Å². The Kier molecular flexibility index (Phi) is 6.07. The standard InChI is InChI=1S/C22H22N2O5/c1-2-3-11-18(22(28)29)23-19(25)15-8-6-7-14(12-15)13-24-20(26)16-9-4-5-10-17(16)21(24)27/h4-10,12,18H,2-3,11,13H2,1H3,(H,23,25)(H,28,29)/t18-/m0/s1. The van der Waals surface area contributed by atoms with E-state index in [-0.39, 0.29) is 23.9 Å². The highest BCUT2D eigenvalue weighted by Gasteiger charge is 2.35. The van der Waals surface area contributed by atoms with Gasteiger partial charge in [0.15, 0.2) is 0 Å². The molecule has 0 saturated carbocycles. The Bertz CT molecular complexity index is 934. The summed E-state index contributed by atoms with van der Waals surface area (Å²) in [5, 5.41) is 11.8. The maximum Gasteiger partial charge on any atom is 0.326 e. The third-order valence-electron chi connectivity index (χ3n) is 4.86. The number of carboxylic acids is 1. The Hall–Kier alpha value is -3.48. The minimum atomic E-state index is -1.08. The van der Waals surface area contributed by atoms with Crippen molar-refractivity contribution in [1.82, 2.24) is 10.2 Å². The maximum atomic E-state index is 12.5. The number of nitrogens with zero attached hydrogens (tertiary/aromatic N) is 1. The minimum absolute atomic E-state index is 0.0334. The van der Waals surface area contributed by atoms with Gasteiger partial charge in [0.25, 0.3) is 17.7 Å². The monoisotopic (exact) mass is 394 g/mol. The fourth-order valence-electron chi connectivity index (χ4n) is 3.28. The normalized spacial score (nSPS) is 13.9. The SMILES string of the molecule is CCCC[C@H](NC(=O)c1cccc(CN2C(=O)c3ccccc3C2=O)c1)C(=O)O. The molecular weight excluding hydrogens is 372 g/mol. The number of aliphatic carboxylic acids is 1.